The zero-order valence-corrected chi connectivity index (χ0v) is 11.2. The highest BCUT2D eigenvalue weighted by atomic mass is 16.5. The van der Waals surface area contributed by atoms with Crippen LogP contribution in [0.25, 0.3) is 0 Å². The van der Waals surface area contributed by atoms with Crippen molar-refractivity contribution in [3.8, 4) is 0 Å². The third-order valence-electron chi connectivity index (χ3n) is 2.80. The minimum atomic E-state index is -0.955. The van der Waals surface area contributed by atoms with E-state index in [9.17, 15) is 4.79 Å². The highest BCUT2D eigenvalue weighted by Crippen LogP contribution is 2.14. The summed E-state index contributed by atoms with van der Waals surface area (Å²) in [5.41, 5.74) is 0.737. The molecule has 0 spiro atoms. The minimum absolute atomic E-state index is 0.151. The van der Waals surface area contributed by atoms with Crippen molar-refractivity contribution < 1.29 is 14.6 Å². The smallest absolute Gasteiger partial charge is 0.337 e. The average Bonchev–Trinajstić information content (AvgIpc) is 2.27. The second kappa shape index (κ2) is 6.35. The number of nitrogens with zero attached hydrogens (tertiary/aromatic N) is 1. The van der Waals surface area contributed by atoms with Gasteiger partial charge < -0.3 is 15.2 Å². The Balaban J connectivity index is 2.84. The van der Waals surface area contributed by atoms with E-state index in [1.54, 1.807) is 26.2 Å². The molecule has 0 aromatic carbocycles. The van der Waals surface area contributed by atoms with Crippen molar-refractivity contribution >= 4 is 11.8 Å². The van der Waals surface area contributed by atoms with Gasteiger partial charge in [0.1, 0.15) is 5.82 Å². The lowest BCUT2D eigenvalue weighted by Crippen LogP contribution is -2.30. The number of carboxylic acids is 1. The predicted octanol–water partition coefficient (Wildman–Crippen LogP) is 2.17. The van der Waals surface area contributed by atoms with Gasteiger partial charge in [0.15, 0.2) is 0 Å². The number of methoxy groups -OCH3 is 1. The molecule has 0 radical (unpaired) electrons. The normalized spacial score (nSPS) is 12.5. The Morgan fingerprint density at radius 1 is 1.50 bits per heavy atom. The number of anilines is 1. The fourth-order valence-corrected chi connectivity index (χ4v) is 1.64. The molecule has 0 aliphatic heterocycles. The van der Waals surface area contributed by atoms with E-state index in [0.29, 0.717) is 24.0 Å². The molecule has 18 heavy (non-hydrogen) atoms. The molecular weight excluding hydrogens is 232 g/mol. The molecule has 100 valence electrons. The Morgan fingerprint density at radius 3 is 2.61 bits per heavy atom. The Kier molecular flexibility index (Phi) is 5.09. The van der Waals surface area contributed by atoms with Gasteiger partial charge in [0.25, 0.3) is 0 Å². The second-order valence-electron chi connectivity index (χ2n) is 4.58. The Labute approximate surface area is 107 Å². The van der Waals surface area contributed by atoms with Gasteiger partial charge in [-0.05, 0) is 25.0 Å². The van der Waals surface area contributed by atoms with Crippen LogP contribution in [0.15, 0.2) is 12.1 Å². The molecule has 5 heteroatoms. The molecule has 5 nitrogen and oxygen atoms in total. The first kappa shape index (κ1) is 14.4. The zero-order valence-electron chi connectivity index (χ0n) is 11.2. The molecule has 0 aliphatic carbocycles. The van der Waals surface area contributed by atoms with Crippen molar-refractivity contribution in [2.45, 2.75) is 26.8 Å². The summed E-state index contributed by atoms with van der Waals surface area (Å²) in [6.07, 6.45) is 0. The quantitative estimate of drug-likeness (QED) is 0.812. The number of aromatic nitrogens is 1. The van der Waals surface area contributed by atoms with Gasteiger partial charge in [0, 0.05) is 7.11 Å². The molecule has 2 N–H and O–H groups in total. The molecule has 1 atom stereocenters. The monoisotopic (exact) mass is 252 g/mol. The van der Waals surface area contributed by atoms with Crippen LogP contribution in [0.3, 0.4) is 0 Å². The molecule has 0 saturated carbocycles. The fourth-order valence-electron chi connectivity index (χ4n) is 1.64. The molecule has 1 aromatic rings. The van der Waals surface area contributed by atoms with Crippen LogP contribution in [0, 0.1) is 12.8 Å². The first-order valence-electron chi connectivity index (χ1n) is 5.92. The Bertz CT molecular complexity index is 419. The summed E-state index contributed by atoms with van der Waals surface area (Å²) in [6.45, 7) is 6.46. The number of carboxylic acid groups (broad SMARTS) is 1. The summed E-state index contributed by atoms with van der Waals surface area (Å²) in [7, 11) is 1.66. The van der Waals surface area contributed by atoms with Crippen LogP contribution in [0.5, 0.6) is 0 Å². The predicted molar refractivity (Wildman–Crippen MR) is 70.1 cm³/mol. The van der Waals surface area contributed by atoms with E-state index in [0.717, 1.165) is 0 Å². The number of nitrogens with one attached hydrogen (secondary N) is 1. The molecule has 0 fully saturated rings. The summed E-state index contributed by atoms with van der Waals surface area (Å²) in [5, 5.41) is 12.2. The van der Waals surface area contributed by atoms with Crippen molar-refractivity contribution in [2.75, 3.05) is 19.0 Å². The lowest BCUT2D eigenvalue weighted by atomic mass is 10.1. The summed E-state index contributed by atoms with van der Waals surface area (Å²) >= 11 is 0. The van der Waals surface area contributed by atoms with Crippen molar-refractivity contribution in [3.63, 3.8) is 0 Å². The number of carbonyl (C=O) groups is 1. The molecule has 0 aliphatic rings. The van der Waals surface area contributed by atoms with Gasteiger partial charge in [-0.1, -0.05) is 13.8 Å². The van der Waals surface area contributed by atoms with Crippen LogP contribution in [0.4, 0.5) is 5.82 Å². The van der Waals surface area contributed by atoms with E-state index >= 15 is 0 Å². The van der Waals surface area contributed by atoms with Crippen molar-refractivity contribution in [2.24, 2.45) is 5.92 Å². The molecule has 0 saturated heterocycles. The summed E-state index contributed by atoms with van der Waals surface area (Å²) < 4.78 is 5.15. The van der Waals surface area contributed by atoms with E-state index in [-0.39, 0.29) is 11.6 Å². The van der Waals surface area contributed by atoms with E-state index in [1.165, 1.54) is 0 Å². The van der Waals surface area contributed by atoms with Crippen LogP contribution < -0.4 is 5.32 Å². The molecule has 0 bridgehead atoms. The van der Waals surface area contributed by atoms with Gasteiger partial charge in [-0.2, -0.15) is 0 Å². The van der Waals surface area contributed by atoms with Gasteiger partial charge in [-0.15, -0.1) is 0 Å². The number of aryl methyl sites for hydroxylation is 1. The lowest BCUT2D eigenvalue weighted by molar-refractivity contribution is 0.0695. The third-order valence-corrected chi connectivity index (χ3v) is 2.80. The van der Waals surface area contributed by atoms with Crippen LogP contribution in [0.1, 0.15) is 29.9 Å². The summed E-state index contributed by atoms with van der Waals surface area (Å²) in [4.78, 5) is 15.1. The maximum absolute atomic E-state index is 10.9. The lowest BCUT2D eigenvalue weighted by Gasteiger charge is -2.22. The van der Waals surface area contributed by atoms with Crippen LogP contribution in [0.2, 0.25) is 0 Å². The molecule has 1 unspecified atom stereocenters. The second-order valence-corrected chi connectivity index (χ2v) is 4.58. The largest absolute Gasteiger partial charge is 0.478 e. The SMILES string of the molecule is COCC(Nc1ccc(C(=O)O)c(C)n1)C(C)C. The number of pyridine rings is 1. The maximum Gasteiger partial charge on any atom is 0.337 e. The highest BCUT2D eigenvalue weighted by molar-refractivity contribution is 5.89. The van der Waals surface area contributed by atoms with Crippen molar-refractivity contribution in [1.29, 1.82) is 0 Å². The Hall–Kier alpha value is -1.62. The van der Waals surface area contributed by atoms with E-state index < -0.39 is 5.97 Å². The molecule has 1 rings (SSSR count). The zero-order chi connectivity index (χ0) is 13.7. The fraction of sp³-hybridized carbons (Fsp3) is 0.538. The number of hydrogen-bond acceptors (Lipinski definition) is 4. The Morgan fingerprint density at radius 2 is 2.17 bits per heavy atom. The maximum atomic E-state index is 10.9. The van der Waals surface area contributed by atoms with Crippen LogP contribution in [-0.4, -0.2) is 35.8 Å². The van der Waals surface area contributed by atoms with Gasteiger partial charge in [0.05, 0.1) is 23.9 Å². The van der Waals surface area contributed by atoms with E-state index in [4.69, 9.17) is 9.84 Å². The van der Waals surface area contributed by atoms with E-state index in [1.807, 2.05) is 0 Å². The van der Waals surface area contributed by atoms with Gasteiger partial charge in [0.2, 0.25) is 0 Å². The van der Waals surface area contributed by atoms with Crippen molar-refractivity contribution in [3.05, 3.63) is 23.4 Å². The van der Waals surface area contributed by atoms with Crippen LogP contribution in [-0.2, 0) is 4.74 Å². The van der Waals surface area contributed by atoms with Gasteiger partial charge >= 0.3 is 5.97 Å². The molecular formula is C13H20N2O3. The van der Waals surface area contributed by atoms with Gasteiger partial charge in [-0.3, -0.25) is 0 Å². The summed E-state index contributed by atoms with van der Waals surface area (Å²) in [6, 6.07) is 3.40. The number of hydrogen-bond donors (Lipinski definition) is 2. The van der Waals surface area contributed by atoms with Crippen LogP contribution >= 0.6 is 0 Å². The highest BCUT2D eigenvalue weighted by Gasteiger charge is 2.15. The summed E-state index contributed by atoms with van der Waals surface area (Å²) in [5.74, 6) is 0.114. The first-order valence-corrected chi connectivity index (χ1v) is 5.92. The van der Waals surface area contributed by atoms with Crippen molar-refractivity contribution in [1.82, 2.24) is 4.98 Å². The number of rotatable bonds is 6. The molecule has 1 aromatic heterocycles. The standard InChI is InChI=1S/C13H20N2O3/c1-8(2)11(7-18-4)15-12-6-5-10(13(16)17)9(3)14-12/h5-6,8,11H,7H2,1-4H3,(H,14,15)(H,16,17). The average molecular weight is 252 g/mol. The topological polar surface area (TPSA) is 71.5 Å². The first-order chi connectivity index (χ1) is 8.45. The van der Waals surface area contributed by atoms with Gasteiger partial charge in [-0.25, -0.2) is 9.78 Å². The van der Waals surface area contributed by atoms with E-state index in [2.05, 4.69) is 24.1 Å². The molecule has 0 amide bonds. The number of ether oxygens (including phenoxy) is 1. The molecule has 1 heterocycles. The third kappa shape index (κ3) is 3.70. The number of aromatic carboxylic acids is 1. The minimum Gasteiger partial charge on any atom is -0.478 e.